The number of carbonyl (C=O) groups excluding carboxylic acids is 2. The van der Waals surface area contributed by atoms with E-state index in [1.165, 1.54) is 0 Å². The van der Waals surface area contributed by atoms with Gasteiger partial charge in [-0.15, -0.1) is 0 Å². The van der Waals surface area contributed by atoms with E-state index in [0.717, 1.165) is 18.4 Å². The first-order valence-corrected chi connectivity index (χ1v) is 6.20. The summed E-state index contributed by atoms with van der Waals surface area (Å²) in [4.78, 5) is 24.3. The van der Waals surface area contributed by atoms with Gasteiger partial charge in [0.1, 0.15) is 5.41 Å². The van der Waals surface area contributed by atoms with Gasteiger partial charge in [0.05, 0.1) is 0 Å². The Morgan fingerprint density at radius 3 is 2.29 bits per heavy atom. The molecule has 5 heteroatoms. The Kier molecular flexibility index (Phi) is 4.40. The van der Waals surface area contributed by atoms with Crippen molar-refractivity contribution in [3.8, 4) is 0 Å². The fourth-order valence-electron chi connectivity index (χ4n) is 2.02. The number of allylic oxidation sites excluding steroid dienone is 1. The molecule has 0 aliphatic carbocycles. The molecule has 0 saturated carbocycles. The smallest absolute Gasteiger partial charge is 0.245 e. The Hall–Kier alpha value is -1.23. The molecule has 17 heavy (non-hydrogen) atoms. The maximum absolute atomic E-state index is 12.1. The van der Waals surface area contributed by atoms with Crippen LogP contribution >= 0.6 is 12.2 Å². The van der Waals surface area contributed by atoms with Gasteiger partial charge >= 0.3 is 0 Å². The van der Waals surface area contributed by atoms with Crippen molar-refractivity contribution in [1.82, 2.24) is 10.6 Å². The van der Waals surface area contributed by atoms with Crippen molar-refractivity contribution in [3.05, 3.63) is 11.6 Å². The standard InChI is InChI=1S/C12H18N2O2S/c1-4-6-7-12(8(3)5-2)9(15)13-11(17)14-10(12)16/h5H,4,6-7H2,1-3H3,(H2,13,14,15,16,17). The van der Waals surface area contributed by atoms with E-state index in [4.69, 9.17) is 12.2 Å². The summed E-state index contributed by atoms with van der Waals surface area (Å²) in [7, 11) is 0. The number of nitrogens with one attached hydrogen (secondary N) is 2. The van der Waals surface area contributed by atoms with Crippen LogP contribution in [-0.4, -0.2) is 16.9 Å². The van der Waals surface area contributed by atoms with E-state index in [9.17, 15) is 9.59 Å². The number of hydrogen-bond acceptors (Lipinski definition) is 3. The van der Waals surface area contributed by atoms with Gasteiger partial charge in [-0.05, 0) is 32.5 Å². The van der Waals surface area contributed by atoms with E-state index in [1.807, 2.05) is 26.8 Å². The zero-order valence-corrected chi connectivity index (χ0v) is 11.2. The minimum absolute atomic E-state index is 0.0935. The Bertz CT molecular complexity index is 368. The molecule has 0 aromatic rings. The summed E-state index contributed by atoms with van der Waals surface area (Å²) in [5.41, 5.74) is -0.323. The van der Waals surface area contributed by atoms with Gasteiger partial charge in [-0.2, -0.15) is 0 Å². The molecule has 0 spiro atoms. The minimum atomic E-state index is -1.09. The number of carbonyl (C=O) groups is 2. The van der Waals surface area contributed by atoms with Crippen LogP contribution in [0.5, 0.6) is 0 Å². The number of hydrogen-bond donors (Lipinski definition) is 2. The van der Waals surface area contributed by atoms with Crippen LogP contribution in [0.1, 0.15) is 40.0 Å². The molecule has 0 radical (unpaired) electrons. The van der Waals surface area contributed by atoms with E-state index in [1.54, 1.807) is 0 Å². The average Bonchev–Trinajstić information content (AvgIpc) is 2.27. The lowest BCUT2D eigenvalue weighted by atomic mass is 9.73. The van der Waals surface area contributed by atoms with Crippen molar-refractivity contribution in [1.29, 1.82) is 0 Å². The Morgan fingerprint density at radius 1 is 1.35 bits per heavy atom. The molecule has 2 N–H and O–H groups in total. The molecule has 0 unspecified atom stereocenters. The molecule has 4 nitrogen and oxygen atoms in total. The van der Waals surface area contributed by atoms with Crippen molar-refractivity contribution >= 4 is 29.1 Å². The van der Waals surface area contributed by atoms with Crippen molar-refractivity contribution in [3.63, 3.8) is 0 Å². The average molecular weight is 254 g/mol. The van der Waals surface area contributed by atoms with Gasteiger partial charge < -0.3 is 10.6 Å². The summed E-state index contributed by atoms with van der Waals surface area (Å²) in [6.45, 7) is 5.67. The second kappa shape index (κ2) is 5.40. The van der Waals surface area contributed by atoms with Gasteiger partial charge in [0.25, 0.3) is 0 Å². The van der Waals surface area contributed by atoms with Gasteiger partial charge in [-0.1, -0.05) is 31.4 Å². The van der Waals surface area contributed by atoms with Crippen LogP contribution < -0.4 is 10.6 Å². The highest BCUT2D eigenvalue weighted by molar-refractivity contribution is 7.80. The van der Waals surface area contributed by atoms with Gasteiger partial charge in [0.2, 0.25) is 11.8 Å². The first kappa shape index (κ1) is 13.8. The van der Waals surface area contributed by atoms with Crippen LogP contribution in [0.4, 0.5) is 0 Å². The molecular weight excluding hydrogens is 236 g/mol. The normalized spacial score (nSPS) is 19.9. The van der Waals surface area contributed by atoms with E-state index < -0.39 is 5.41 Å². The maximum Gasteiger partial charge on any atom is 0.245 e. The number of amides is 2. The third kappa shape index (κ3) is 2.39. The lowest BCUT2D eigenvalue weighted by Gasteiger charge is -2.35. The maximum atomic E-state index is 12.1. The molecule has 1 fully saturated rings. The highest BCUT2D eigenvalue weighted by Gasteiger charge is 2.49. The minimum Gasteiger partial charge on any atom is -0.302 e. The topological polar surface area (TPSA) is 58.2 Å². The van der Waals surface area contributed by atoms with Crippen LogP contribution in [-0.2, 0) is 9.59 Å². The molecule has 1 aliphatic heterocycles. The molecule has 2 amide bonds. The summed E-state index contributed by atoms with van der Waals surface area (Å²) >= 11 is 4.81. The first-order valence-electron chi connectivity index (χ1n) is 5.79. The monoisotopic (exact) mass is 254 g/mol. The molecule has 0 bridgehead atoms. The quantitative estimate of drug-likeness (QED) is 0.456. The second-order valence-corrected chi connectivity index (χ2v) is 4.63. The van der Waals surface area contributed by atoms with Crippen molar-refractivity contribution in [2.45, 2.75) is 40.0 Å². The third-order valence-electron chi connectivity index (χ3n) is 3.24. The van der Waals surface area contributed by atoms with Crippen LogP contribution in [0, 0.1) is 5.41 Å². The Morgan fingerprint density at radius 2 is 1.88 bits per heavy atom. The summed E-state index contributed by atoms with van der Waals surface area (Å²) in [6.07, 6.45) is 4.08. The zero-order valence-electron chi connectivity index (χ0n) is 10.4. The van der Waals surface area contributed by atoms with E-state index in [-0.39, 0.29) is 16.9 Å². The molecule has 1 heterocycles. The summed E-state index contributed by atoms with van der Waals surface area (Å²) in [5, 5.41) is 5.18. The number of thiocarbonyl (C=S) groups is 1. The highest BCUT2D eigenvalue weighted by atomic mass is 32.1. The first-order chi connectivity index (χ1) is 7.98. The van der Waals surface area contributed by atoms with Gasteiger partial charge in [0, 0.05) is 0 Å². The largest absolute Gasteiger partial charge is 0.302 e. The molecule has 1 rings (SSSR count). The SMILES string of the molecule is CC=C(C)C1(CCCC)C(=O)NC(=S)NC1=O. The fraction of sp³-hybridized carbons (Fsp3) is 0.583. The van der Waals surface area contributed by atoms with Crippen LogP contribution in [0.15, 0.2) is 11.6 Å². The molecule has 94 valence electrons. The lowest BCUT2D eigenvalue weighted by molar-refractivity contribution is -0.141. The molecule has 1 aliphatic rings. The lowest BCUT2D eigenvalue weighted by Crippen LogP contribution is -2.62. The van der Waals surface area contributed by atoms with Crippen molar-refractivity contribution < 1.29 is 9.59 Å². The third-order valence-corrected chi connectivity index (χ3v) is 3.45. The van der Waals surface area contributed by atoms with E-state index >= 15 is 0 Å². The molecule has 1 saturated heterocycles. The van der Waals surface area contributed by atoms with Crippen molar-refractivity contribution in [2.24, 2.45) is 5.41 Å². The highest BCUT2D eigenvalue weighted by Crippen LogP contribution is 2.35. The van der Waals surface area contributed by atoms with E-state index in [0.29, 0.717) is 6.42 Å². The predicted octanol–water partition coefficient (Wildman–Crippen LogP) is 1.66. The summed E-state index contributed by atoms with van der Waals surface area (Å²) in [6, 6.07) is 0. The molecule has 0 atom stereocenters. The van der Waals surface area contributed by atoms with Gasteiger partial charge in [0.15, 0.2) is 5.11 Å². The molecular formula is C12H18N2O2S. The summed E-state index contributed by atoms with van der Waals surface area (Å²) in [5.74, 6) is -0.620. The van der Waals surface area contributed by atoms with Gasteiger partial charge in [-0.25, -0.2) is 0 Å². The van der Waals surface area contributed by atoms with Crippen molar-refractivity contribution in [2.75, 3.05) is 0 Å². The van der Waals surface area contributed by atoms with Gasteiger partial charge in [-0.3, -0.25) is 9.59 Å². The summed E-state index contributed by atoms with van der Waals surface area (Å²) < 4.78 is 0. The molecule has 0 aromatic heterocycles. The Balaban J connectivity index is 3.16. The van der Waals surface area contributed by atoms with Crippen LogP contribution in [0.3, 0.4) is 0 Å². The Labute approximate surface area is 107 Å². The zero-order chi connectivity index (χ0) is 13.1. The number of unbranched alkanes of at least 4 members (excludes halogenated alkanes) is 1. The van der Waals surface area contributed by atoms with Crippen LogP contribution in [0.25, 0.3) is 0 Å². The predicted molar refractivity (Wildman–Crippen MR) is 70.3 cm³/mol. The van der Waals surface area contributed by atoms with E-state index in [2.05, 4.69) is 10.6 Å². The second-order valence-electron chi connectivity index (χ2n) is 4.22. The number of rotatable bonds is 4. The molecule has 0 aromatic carbocycles. The fourth-order valence-corrected chi connectivity index (χ4v) is 2.21. The van der Waals surface area contributed by atoms with Crippen LogP contribution in [0.2, 0.25) is 0 Å².